The molecule has 3 aromatic carbocycles. The Morgan fingerprint density at radius 2 is 1.75 bits per heavy atom. The number of halogens is 3. The minimum atomic E-state index is -0.778. The van der Waals surface area contributed by atoms with Crippen LogP contribution < -0.4 is 0 Å². The van der Waals surface area contributed by atoms with E-state index in [1.54, 1.807) is 36.4 Å². The first-order chi connectivity index (χ1) is 11.5. The van der Waals surface area contributed by atoms with E-state index >= 15 is 0 Å². The van der Waals surface area contributed by atoms with Crippen LogP contribution in [0.1, 0.15) is 10.4 Å². The zero-order valence-corrected chi connectivity index (χ0v) is 14.3. The standard InChI is InChI=1S/C17H9Cl3N2O2/c18-10-5-6-14(13(19)8-10)21-22-15-11-4-2-1-3-9(11)7-12(16(15)23)17(20)24/h1-8,23H. The second kappa shape index (κ2) is 6.77. The highest BCUT2D eigenvalue weighted by molar-refractivity contribution is 6.68. The number of aromatic hydroxyl groups is 1. The maximum atomic E-state index is 11.5. The van der Waals surface area contributed by atoms with Crippen molar-refractivity contribution in [3.63, 3.8) is 0 Å². The minimum absolute atomic E-state index is 0.0356. The fraction of sp³-hybridized carbons (Fsp3) is 0. The molecule has 0 radical (unpaired) electrons. The van der Waals surface area contributed by atoms with Crippen LogP contribution in [0.15, 0.2) is 58.8 Å². The Morgan fingerprint density at radius 3 is 2.46 bits per heavy atom. The van der Waals surface area contributed by atoms with Gasteiger partial charge in [-0.3, -0.25) is 4.79 Å². The molecule has 0 aliphatic carbocycles. The van der Waals surface area contributed by atoms with E-state index in [1.165, 1.54) is 12.1 Å². The molecule has 24 heavy (non-hydrogen) atoms. The number of hydrogen-bond donors (Lipinski definition) is 1. The van der Waals surface area contributed by atoms with Crippen molar-refractivity contribution >= 4 is 62.2 Å². The number of phenols is 1. The summed E-state index contributed by atoms with van der Waals surface area (Å²) in [5, 5.41) is 19.8. The van der Waals surface area contributed by atoms with Gasteiger partial charge in [-0.1, -0.05) is 47.5 Å². The van der Waals surface area contributed by atoms with Gasteiger partial charge in [-0.25, -0.2) is 0 Å². The van der Waals surface area contributed by atoms with Crippen molar-refractivity contribution in [2.45, 2.75) is 0 Å². The van der Waals surface area contributed by atoms with Crippen LogP contribution in [0.25, 0.3) is 10.8 Å². The molecule has 3 rings (SSSR count). The van der Waals surface area contributed by atoms with Gasteiger partial charge >= 0.3 is 0 Å². The molecule has 7 heteroatoms. The molecule has 0 aliphatic rings. The number of nitrogens with zero attached hydrogens (tertiary/aromatic N) is 2. The highest BCUT2D eigenvalue weighted by Crippen LogP contribution is 2.40. The normalized spacial score (nSPS) is 11.3. The van der Waals surface area contributed by atoms with Crippen LogP contribution in [0.4, 0.5) is 11.4 Å². The lowest BCUT2D eigenvalue weighted by molar-refractivity contribution is 0.107. The van der Waals surface area contributed by atoms with Gasteiger partial charge in [-0.05, 0) is 41.3 Å². The van der Waals surface area contributed by atoms with Crippen molar-refractivity contribution in [2.75, 3.05) is 0 Å². The second-order valence-electron chi connectivity index (χ2n) is 4.91. The first-order valence-electron chi connectivity index (χ1n) is 6.78. The van der Waals surface area contributed by atoms with Crippen LogP contribution in [0.5, 0.6) is 5.75 Å². The van der Waals surface area contributed by atoms with Crippen molar-refractivity contribution in [1.82, 2.24) is 0 Å². The Morgan fingerprint density at radius 1 is 1.00 bits per heavy atom. The fourth-order valence-electron chi connectivity index (χ4n) is 2.23. The Bertz CT molecular complexity index is 987. The van der Waals surface area contributed by atoms with Gasteiger partial charge in [0.15, 0.2) is 5.75 Å². The van der Waals surface area contributed by atoms with E-state index in [1.807, 2.05) is 0 Å². The molecular formula is C17H9Cl3N2O2. The van der Waals surface area contributed by atoms with Crippen molar-refractivity contribution in [2.24, 2.45) is 10.2 Å². The Kier molecular flexibility index (Phi) is 4.71. The van der Waals surface area contributed by atoms with Gasteiger partial charge in [0.25, 0.3) is 5.24 Å². The summed E-state index contributed by atoms with van der Waals surface area (Å²) in [5.41, 5.74) is 0.488. The molecule has 0 saturated heterocycles. The molecule has 1 N–H and O–H groups in total. The topological polar surface area (TPSA) is 62.0 Å². The highest BCUT2D eigenvalue weighted by Gasteiger charge is 2.16. The Balaban J connectivity index is 2.19. The molecule has 0 aliphatic heterocycles. The molecule has 0 unspecified atom stereocenters. The number of benzene rings is 3. The van der Waals surface area contributed by atoms with Crippen molar-refractivity contribution in [3.05, 3.63) is 64.1 Å². The summed E-state index contributed by atoms with van der Waals surface area (Å²) in [6.45, 7) is 0. The third-order valence-electron chi connectivity index (χ3n) is 3.37. The van der Waals surface area contributed by atoms with Crippen LogP contribution in [0.3, 0.4) is 0 Å². The summed E-state index contributed by atoms with van der Waals surface area (Å²) in [6.07, 6.45) is 0. The largest absolute Gasteiger partial charge is 0.505 e. The summed E-state index contributed by atoms with van der Waals surface area (Å²) in [7, 11) is 0. The molecule has 4 nitrogen and oxygen atoms in total. The lowest BCUT2D eigenvalue weighted by atomic mass is 10.0. The number of carbonyl (C=O) groups excluding carboxylic acids is 1. The van der Waals surface area contributed by atoms with Crippen LogP contribution in [0, 0.1) is 0 Å². The fourth-order valence-corrected chi connectivity index (χ4v) is 2.83. The predicted octanol–water partition coefficient (Wildman–Crippen LogP) is 6.65. The van der Waals surface area contributed by atoms with Gasteiger partial charge in [0, 0.05) is 10.4 Å². The quantitative estimate of drug-likeness (QED) is 0.409. The van der Waals surface area contributed by atoms with E-state index in [-0.39, 0.29) is 17.0 Å². The Labute approximate surface area is 152 Å². The van der Waals surface area contributed by atoms with Gasteiger partial charge in [0.2, 0.25) is 0 Å². The van der Waals surface area contributed by atoms with E-state index in [0.717, 1.165) is 0 Å². The first kappa shape index (κ1) is 16.7. The van der Waals surface area contributed by atoms with Crippen molar-refractivity contribution in [3.8, 4) is 5.75 Å². The predicted molar refractivity (Wildman–Crippen MR) is 96.4 cm³/mol. The van der Waals surface area contributed by atoms with Gasteiger partial charge in [0.1, 0.15) is 11.4 Å². The summed E-state index contributed by atoms with van der Waals surface area (Å²) < 4.78 is 0. The van der Waals surface area contributed by atoms with E-state index in [9.17, 15) is 9.90 Å². The number of azo groups is 1. The molecule has 0 fully saturated rings. The minimum Gasteiger partial charge on any atom is -0.505 e. The number of phenolic OH excluding ortho intramolecular Hbond substituents is 1. The first-order valence-corrected chi connectivity index (χ1v) is 7.92. The second-order valence-corrected chi connectivity index (χ2v) is 6.10. The summed E-state index contributed by atoms with van der Waals surface area (Å²) in [5.74, 6) is -0.331. The summed E-state index contributed by atoms with van der Waals surface area (Å²) in [6, 6.07) is 13.4. The molecule has 0 bridgehead atoms. The Hall–Kier alpha value is -2.14. The van der Waals surface area contributed by atoms with Crippen LogP contribution in [-0.4, -0.2) is 10.3 Å². The summed E-state index contributed by atoms with van der Waals surface area (Å²) >= 11 is 17.4. The van der Waals surface area contributed by atoms with E-state index < -0.39 is 5.24 Å². The molecule has 0 aromatic heterocycles. The smallest absolute Gasteiger partial charge is 0.256 e. The maximum Gasteiger partial charge on any atom is 0.256 e. The van der Waals surface area contributed by atoms with E-state index in [4.69, 9.17) is 34.8 Å². The molecule has 0 heterocycles. The van der Waals surface area contributed by atoms with Crippen molar-refractivity contribution < 1.29 is 9.90 Å². The monoisotopic (exact) mass is 378 g/mol. The summed E-state index contributed by atoms with van der Waals surface area (Å²) in [4.78, 5) is 11.5. The lowest BCUT2D eigenvalue weighted by Gasteiger charge is -2.07. The van der Waals surface area contributed by atoms with Crippen LogP contribution in [-0.2, 0) is 0 Å². The average molecular weight is 380 g/mol. The van der Waals surface area contributed by atoms with Crippen LogP contribution >= 0.6 is 34.8 Å². The van der Waals surface area contributed by atoms with Gasteiger partial charge in [-0.15, -0.1) is 10.2 Å². The molecule has 0 spiro atoms. The van der Waals surface area contributed by atoms with Crippen LogP contribution in [0.2, 0.25) is 10.0 Å². The lowest BCUT2D eigenvalue weighted by Crippen LogP contribution is -1.90. The molecule has 0 amide bonds. The average Bonchev–Trinajstić information content (AvgIpc) is 2.55. The number of fused-ring (bicyclic) bond motifs is 1. The third-order valence-corrected chi connectivity index (χ3v) is 4.12. The van der Waals surface area contributed by atoms with Gasteiger partial charge in [-0.2, -0.15) is 0 Å². The number of rotatable bonds is 3. The van der Waals surface area contributed by atoms with Gasteiger partial charge < -0.3 is 5.11 Å². The zero-order chi connectivity index (χ0) is 17.3. The number of hydrogen-bond acceptors (Lipinski definition) is 4. The molecule has 0 saturated carbocycles. The van der Waals surface area contributed by atoms with E-state index in [2.05, 4.69) is 10.2 Å². The number of carbonyl (C=O) groups is 1. The maximum absolute atomic E-state index is 11.5. The molecule has 120 valence electrons. The highest BCUT2D eigenvalue weighted by atomic mass is 35.5. The SMILES string of the molecule is O=C(Cl)c1cc2ccccc2c(N=Nc2ccc(Cl)cc2Cl)c1O. The third kappa shape index (κ3) is 3.22. The van der Waals surface area contributed by atoms with Crippen molar-refractivity contribution in [1.29, 1.82) is 0 Å². The van der Waals surface area contributed by atoms with Gasteiger partial charge in [0.05, 0.1) is 10.6 Å². The molecule has 0 atom stereocenters. The zero-order valence-electron chi connectivity index (χ0n) is 12.0. The van der Waals surface area contributed by atoms with E-state index in [0.29, 0.717) is 26.5 Å². The molecular weight excluding hydrogens is 371 g/mol. The molecule has 3 aromatic rings.